The number of benzene rings is 2. The fourth-order valence-corrected chi connectivity index (χ4v) is 2.26. The molecule has 0 aliphatic carbocycles. The molecule has 0 fully saturated rings. The van der Waals surface area contributed by atoms with Gasteiger partial charge < -0.3 is 4.74 Å². The molecule has 0 bridgehead atoms. The number of rotatable bonds is 6. The summed E-state index contributed by atoms with van der Waals surface area (Å²) >= 11 is 3.38. The van der Waals surface area contributed by atoms with E-state index in [-0.39, 0.29) is 12.5 Å². The van der Waals surface area contributed by atoms with Crippen molar-refractivity contribution in [3.63, 3.8) is 0 Å². The molecule has 0 radical (unpaired) electrons. The van der Waals surface area contributed by atoms with Gasteiger partial charge in [-0.05, 0) is 64.7 Å². The second kappa shape index (κ2) is 9.03. The van der Waals surface area contributed by atoms with E-state index in [1.807, 2.05) is 68.5 Å². The SMILES string of the molecule is Cc1ccc(OCC(=O)NN=CC(Br)=Cc2ccccc2)cc1C. The Morgan fingerprint density at radius 1 is 1.17 bits per heavy atom. The van der Waals surface area contributed by atoms with Crippen LogP contribution in [0.5, 0.6) is 5.75 Å². The van der Waals surface area contributed by atoms with Crippen LogP contribution in [0.3, 0.4) is 0 Å². The molecule has 0 spiro atoms. The summed E-state index contributed by atoms with van der Waals surface area (Å²) in [6.07, 6.45) is 3.43. The maximum absolute atomic E-state index is 11.7. The molecule has 0 aliphatic heterocycles. The summed E-state index contributed by atoms with van der Waals surface area (Å²) in [5.41, 5.74) is 5.78. The lowest BCUT2D eigenvalue weighted by atomic mass is 10.1. The standard InChI is InChI=1S/C19H19BrN2O2/c1-14-8-9-18(10-15(14)2)24-13-19(23)22-21-12-17(20)11-16-6-4-3-5-7-16/h3-12H,13H2,1-2H3,(H,22,23). The first kappa shape index (κ1) is 17.9. The minimum Gasteiger partial charge on any atom is -0.484 e. The molecule has 1 N–H and O–H groups in total. The van der Waals surface area contributed by atoms with Gasteiger partial charge in [0, 0.05) is 4.48 Å². The zero-order chi connectivity index (χ0) is 17.4. The minimum absolute atomic E-state index is 0.0835. The number of hydrogen-bond donors (Lipinski definition) is 1. The molecular formula is C19H19BrN2O2. The number of carbonyl (C=O) groups excluding carboxylic acids is 1. The fraction of sp³-hybridized carbons (Fsp3) is 0.158. The van der Waals surface area contributed by atoms with Crippen LogP contribution in [0, 0.1) is 13.8 Å². The second-order valence-corrected chi connectivity index (χ2v) is 6.18. The normalized spacial score (nSPS) is 11.5. The third-order valence-corrected chi connectivity index (χ3v) is 3.76. The topological polar surface area (TPSA) is 50.7 Å². The molecule has 5 heteroatoms. The molecule has 24 heavy (non-hydrogen) atoms. The van der Waals surface area contributed by atoms with Gasteiger partial charge in [0.15, 0.2) is 6.61 Å². The zero-order valence-corrected chi connectivity index (χ0v) is 15.2. The van der Waals surface area contributed by atoms with Gasteiger partial charge in [0.25, 0.3) is 5.91 Å². The van der Waals surface area contributed by atoms with Crippen LogP contribution >= 0.6 is 15.9 Å². The maximum Gasteiger partial charge on any atom is 0.277 e. The van der Waals surface area contributed by atoms with Gasteiger partial charge in [-0.3, -0.25) is 4.79 Å². The third-order valence-electron chi connectivity index (χ3n) is 3.33. The first-order chi connectivity index (χ1) is 11.5. The summed E-state index contributed by atoms with van der Waals surface area (Å²) in [5, 5.41) is 3.89. The lowest BCUT2D eigenvalue weighted by Crippen LogP contribution is -2.24. The van der Waals surface area contributed by atoms with Gasteiger partial charge >= 0.3 is 0 Å². The highest BCUT2D eigenvalue weighted by molar-refractivity contribution is 9.12. The molecule has 0 unspecified atom stereocenters. The Morgan fingerprint density at radius 3 is 2.62 bits per heavy atom. The van der Waals surface area contributed by atoms with E-state index in [1.54, 1.807) is 0 Å². The van der Waals surface area contributed by atoms with Crippen LogP contribution in [-0.2, 0) is 4.79 Å². The lowest BCUT2D eigenvalue weighted by Gasteiger charge is -2.07. The van der Waals surface area contributed by atoms with Gasteiger partial charge in [-0.25, -0.2) is 5.43 Å². The van der Waals surface area contributed by atoms with E-state index < -0.39 is 0 Å². The summed E-state index contributed by atoms with van der Waals surface area (Å²) in [7, 11) is 0. The highest BCUT2D eigenvalue weighted by Crippen LogP contribution is 2.16. The molecule has 124 valence electrons. The highest BCUT2D eigenvalue weighted by Gasteiger charge is 2.02. The molecule has 0 aliphatic rings. The maximum atomic E-state index is 11.7. The van der Waals surface area contributed by atoms with Crippen LogP contribution < -0.4 is 10.2 Å². The molecule has 0 heterocycles. The van der Waals surface area contributed by atoms with Crippen molar-refractivity contribution in [2.45, 2.75) is 13.8 Å². The Labute approximate surface area is 150 Å². The Balaban J connectivity index is 1.80. The van der Waals surface area contributed by atoms with Crippen LogP contribution in [0.4, 0.5) is 0 Å². The van der Waals surface area contributed by atoms with Crippen molar-refractivity contribution in [1.82, 2.24) is 5.43 Å². The number of ether oxygens (including phenoxy) is 1. The molecule has 0 atom stereocenters. The molecule has 0 aromatic heterocycles. The molecule has 0 saturated carbocycles. The zero-order valence-electron chi connectivity index (χ0n) is 13.6. The number of hydrazone groups is 1. The number of carbonyl (C=O) groups is 1. The van der Waals surface area contributed by atoms with Gasteiger partial charge in [-0.2, -0.15) is 5.10 Å². The number of nitrogens with one attached hydrogen (secondary N) is 1. The first-order valence-electron chi connectivity index (χ1n) is 7.49. The van der Waals surface area contributed by atoms with Crippen LogP contribution in [0.25, 0.3) is 6.08 Å². The highest BCUT2D eigenvalue weighted by atomic mass is 79.9. The number of halogens is 1. The van der Waals surface area contributed by atoms with Gasteiger partial charge in [0.2, 0.25) is 0 Å². The Morgan fingerprint density at radius 2 is 1.92 bits per heavy atom. The summed E-state index contributed by atoms with van der Waals surface area (Å²) in [6.45, 7) is 3.95. The smallest absolute Gasteiger partial charge is 0.277 e. The molecular weight excluding hydrogens is 368 g/mol. The van der Waals surface area contributed by atoms with E-state index in [9.17, 15) is 4.79 Å². The van der Waals surface area contributed by atoms with E-state index >= 15 is 0 Å². The van der Waals surface area contributed by atoms with Crippen molar-refractivity contribution in [2.24, 2.45) is 5.10 Å². The van der Waals surface area contributed by atoms with E-state index in [2.05, 4.69) is 26.5 Å². The van der Waals surface area contributed by atoms with Crippen LogP contribution in [-0.4, -0.2) is 18.7 Å². The Kier molecular flexibility index (Phi) is 6.75. The van der Waals surface area contributed by atoms with Crippen molar-refractivity contribution >= 4 is 34.1 Å². The molecule has 2 rings (SSSR count). The number of hydrogen-bond acceptors (Lipinski definition) is 3. The summed E-state index contributed by atoms with van der Waals surface area (Å²) in [4.78, 5) is 11.7. The van der Waals surface area contributed by atoms with E-state index in [1.165, 1.54) is 11.8 Å². The number of aryl methyl sites for hydroxylation is 2. The van der Waals surface area contributed by atoms with Crippen molar-refractivity contribution < 1.29 is 9.53 Å². The number of allylic oxidation sites excluding steroid dienone is 1. The number of amides is 1. The Bertz CT molecular complexity index is 755. The summed E-state index contributed by atoms with van der Waals surface area (Å²) in [6, 6.07) is 15.5. The predicted molar refractivity (Wildman–Crippen MR) is 101 cm³/mol. The average molecular weight is 387 g/mol. The molecule has 2 aromatic rings. The van der Waals surface area contributed by atoms with Crippen molar-refractivity contribution in [1.29, 1.82) is 0 Å². The van der Waals surface area contributed by atoms with E-state index in [0.717, 1.165) is 15.6 Å². The van der Waals surface area contributed by atoms with Gasteiger partial charge in [0.05, 0.1) is 6.21 Å². The first-order valence-corrected chi connectivity index (χ1v) is 8.28. The van der Waals surface area contributed by atoms with Crippen molar-refractivity contribution in [3.8, 4) is 5.75 Å². The van der Waals surface area contributed by atoms with E-state index in [0.29, 0.717) is 5.75 Å². The third kappa shape index (κ3) is 6.01. The van der Waals surface area contributed by atoms with E-state index in [4.69, 9.17) is 4.74 Å². The summed E-state index contributed by atoms with van der Waals surface area (Å²) < 4.78 is 6.20. The molecule has 4 nitrogen and oxygen atoms in total. The van der Waals surface area contributed by atoms with Gasteiger partial charge in [-0.15, -0.1) is 0 Å². The largest absolute Gasteiger partial charge is 0.484 e. The monoisotopic (exact) mass is 386 g/mol. The minimum atomic E-state index is -0.315. The van der Waals surface area contributed by atoms with Gasteiger partial charge in [-0.1, -0.05) is 36.4 Å². The van der Waals surface area contributed by atoms with Crippen LogP contribution in [0.2, 0.25) is 0 Å². The van der Waals surface area contributed by atoms with Crippen LogP contribution in [0.1, 0.15) is 16.7 Å². The van der Waals surface area contributed by atoms with Gasteiger partial charge in [0.1, 0.15) is 5.75 Å². The quantitative estimate of drug-likeness (QED) is 0.596. The predicted octanol–water partition coefficient (Wildman–Crippen LogP) is 4.22. The molecule has 1 amide bonds. The fourth-order valence-electron chi connectivity index (χ4n) is 1.90. The average Bonchev–Trinajstić information content (AvgIpc) is 2.57. The molecule has 2 aromatic carbocycles. The summed E-state index contributed by atoms with van der Waals surface area (Å²) in [5.74, 6) is 0.354. The van der Waals surface area contributed by atoms with Crippen molar-refractivity contribution in [3.05, 3.63) is 69.7 Å². The number of nitrogens with zero attached hydrogens (tertiary/aromatic N) is 1. The lowest BCUT2D eigenvalue weighted by molar-refractivity contribution is -0.123. The molecule has 0 saturated heterocycles. The second-order valence-electron chi connectivity index (χ2n) is 5.27. The Hall–Kier alpha value is -2.40. The van der Waals surface area contributed by atoms with Crippen molar-refractivity contribution in [2.75, 3.05) is 6.61 Å². The van der Waals surface area contributed by atoms with Crippen LogP contribution in [0.15, 0.2) is 58.1 Å².